The van der Waals surface area contributed by atoms with Crippen molar-refractivity contribution < 1.29 is 9.53 Å². The first kappa shape index (κ1) is 14.0. The van der Waals surface area contributed by atoms with Crippen LogP contribution in [-0.4, -0.2) is 17.5 Å². The van der Waals surface area contributed by atoms with E-state index in [0.717, 1.165) is 11.3 Å². The number of anilines is 1. The van der Waals surface area contributed by atoms with Gasteiger partial charge in [-0.25, -0.2) is 4.98 Å². The predicted molar refractivity (Wildman–Crippen MR) is 77.3 cm³/mol. The molecule has 0 bridgehead atoms. The molecule has 1 heterocycles. The van der Waals surface area contributed by atoms with Crippen LogP contribution in [0.1, 0.15) is 12.0 Å². The number of nitrogens with one attached hydrogen (secondary N) is 1. The number of hydrogen-bond donors (Lipinski definition) is 2. The Balaban J connectivity index is 1.77. The molecule has 20 heavy (non-hydrogen) atoms. The molecule has 0 aliphatic carbocycles. The van der Waals surface area contributed by atoms with Gasteiger partial charge in [-0.15, -0.1) is 0 Å². The summed E-state index contributed by atoms with van der Waals surface area (Å²) in [6, 6.07) is 13.0. The number of para-hydroxylation sites is 1. The van der Waals surface area contributed by atoms with E-state index in [-0.39, 0.29) is 12.3 Å². The zero-order valence-electron chi connectivity index (χ0n) is 11.1. The summed E-state index contributed by atoms with van der Waals surface area (Å²) in [7, 11) is 0. The van der Waals surface area contributed by atoms with Crippen molar-refractivity contribution in [3.63, 3.8) is 0 Å². The molecule has 0 aliphatic rings. The fourth-order valence-corrected chi connectivity index (χ4v) is 1.65. The molecule has 0 spiro atoms. The van der Waals surface area contributed by atoms with Crippen LogP contribution < -0.4 is 15.8 Å². The Labute approximate surface area is 117 Å². The molecule has 5 heteroatoms. The van der Waals surface area contributed by atoms with E-state index in [1.54, 1.807) is 12.3 Å². The zero-order valence-corrected chi connectivity index (χ0v) is 11.1. The van der Waals surface area contributed by atoms with Crippen LogP contribution in [0.2, 0.25) is 0 Å². The Kier molecular flexibility index (Phi) is 5.08. The van der Waals surface area contributed by atoms with E-state index in [1.165, 1.54) is 0 Å². The van der Waals surface area contributed by atoms with Crippen molar-refractivity contribution in [3.8, 4) is 5.75 Å². The quantitative estimate of drug-likeness (QED) is 0.841. The number of benzene rings is 1. The van der Waals surface area contributed by atoms with E-state index in [9.17, 15) is 4.79 Å². The number of pyridine rings is 1. The van der Waals surface area contributed by atoms with E-state index in [1.807, 2.05) is 36.4 Å². The summed E-state index contributed by atoms with van der Waals surface area (Å²) >= 11 is 0. The molecule has 0 radical (unpaired) electrons. The lowest BCUT2D eigenvalue weighted by molar-refractivity contribution is -0.116. The highest BCUT2D eigenvalue weighted by atomic mass is 16.5. The highest BCUT2D eigenvalue weighted by Crippen LogP contribution is 2.09. The molecule has 0 fully saturated rings. The topological polar surface area (TPSA) is 77.2 Å². The van der Waals surface area contributed by atoms with Gasteiger partial charge in [-0.3, -0.25) is 4.79 Å². The van der Waals surface area contributed by atoms with Gasteiger partial charge in [0.05, 0.1) is 13.0 Å². The summed E-state index contributed by atoms with van der Waals surface area (Å²) in [6.45, 7) is 0.745. The smallest absolute Gasteiger partial charge is 0.228 e. The maximum atomic E-state index is 11.7. The first-order valence-corrected chi connectivity index (χ1v) is 6.40. The number of nitrogens with two attached hydrogens (primary N) is 1. The Bertz CT molecular complexity index is 558. The number of hydrogen-bond acceptors (Lipinski definition) is 4. The molecular weight excluding hydrogens is 254 g/mol. The van der Waals surface area contributed by atoms with Crippen molar-refractivity contribution in [2.45, 2.75) is 13.0 Å². The highest BCUT2D eigenvalue weighted by Gasteiger charge is 2.04. The van der Waals surface area contributed by atoms with Crippen LogP contribution in [0.5, 0.6) is 5.75 Å². The van der Waals surface area contributed by atoms with Crippen molar-refractivity contribution in [1.82, 2.24) is 4.98 Å². The lowest BCUT2D eigenvalue weighted by Crippen LogP contribution is -2.16. The molecule has 0 atom stereocenters. The molecule has 0 saturated heterocycles. The second kappa shape index (κ2) is 7.25. The van der Waals surface area contributed by atoms with E-state index in [2.05, 4.69) is 10.3 Å². The molecule has 5 nitrogen and oxygen atoms in total. The van der Waals surface area contributed by atoms with Crippen LogP contribution in [0.3, 0.4) is 0 Å². The number of ether oxygens (including phenoxy) is 1. The Hall–Kier alpha value is -2.40. The van der Waals surface area contributed by atoms with Crippen molar-refractivity contribution in [3.05, 3.63) is 54.2 Å². The van der Waals surface area contributed by atoms with Gasteiger partial charge in [-0.1, -0.05) is 18.2 Å². The fourth-order valence-electron chi connectivity index (χ4n) is 1.65. The van der Waals surface area contributed by atoms with Gasteiger partial charge in [-0.05, 0) is 29.8 Å². The molecule has 2 rings (SSSR count). The second-order valence-corrected chi connectivity index (χ2v) is 4.21. The Morgan fingerprint density at radius 3 is 2.80 bits per heavy atom. The van der Waals surface area contributed by atoms with Crippen LogP contribution in [0.4, 0.5) is 5.82 Å². The van der Waals surface area contributed by atoms with Crippen molar-refractivity contribution in [2.75, 3.05) is 11.9 Å². The minimum atomic E-state index is -0.136. The van der Waals surface area contributed by atoms with E-state index >= 15 is 0 Å². The van der Waals surface area contributed by atoms with E-state index in [0.29, 0.717) is 19.0 Å². The fraction of sp³-hybridized carbons (Fsp3) is 0.200. The van der Waals surface area contributed by atoms with Gasteiger partial charge in [0, 0.05) is 12.7 Å². The van der Waals surface area contributed by atoms with E-state index < -0.39 is 0 Å². The third-order valence-electron chi connectivity index (χ3n) is 2.67. The number of carbonyl (C=O) groups is 1. The summed E-state index contributed by atoms with van der Waals surface area (Å²) in [5.74, 6) is 1.13. The van der Waals surface area contributed by atoms with Crippen LogP contribution in [-0.2, 0) is 11.3 Å². The van der Waals surface area contributed by atoms with Crippen LogP contribution >= 0.6 is 0 Å². The minimum absolute atomic E-state index is 0.136. The van der Waals surface area contributed by atoms with Gasteiger partial charge < -0.3 is 15.8 Å². The van der Waals surface area contributed by atoms with Crippen molar-refractivity contribution in [2.24, 2.45) is 5.73 Å². The van der Waals surface area contributed by atoms with E-state index in [4.69, 9.17) is 10.5 Å². The normalized spacial score (nSPS) is 10.1. The second-order valence-electron chi connectivity index (χ2n) is 4.21. The average Bonchev–Trinajstić information content (AvgIpc) is 2.48. The SMILES string of the molecule is NCc1ccnc(NC(=O)CCOc2ccccc2)c1. The summed E-state index contributed by atoms with van der Waals surface area (Å²) in [5, 5.41) is 2.72. The summed E-state index contributed by atoms with van der Waals surface area (Å²) in [4.78, 5) is 15.8. The van der Waals surface area contributed by atoms with Crippen LogP contribution in [0, 0.1) is 0 Å². The highest BCUT2D eigenvalue weighted by molar-refractivity contribution is 5.89. The first-order chi connectivity index (χ1) is 9.78. The monoisotopic (exact) mass is 271 g/mol. The third kappa shape index (κ3) is 4.37. The predicted octanol–water partition coefficient (Wildman–Crippen LogP) is 1.95. The zero-order chi connectivity index (χ0) is 14.2. The number of nitrogens with zero attached hydrogens (tertiary/aromatic N) is 1. The molecule has 0 aliphatic heterocycles. The van der Waals surface area contributed by atoms with Crippen LogP contribution in [0.15, 0.2) is 48.7 Å². The molecule has 1 amide bonds. The average molecular weight is 271 g/mol. The molecular formula is C15H17N3O2. The number of rotatable bonds is 6. The molecule has 0 unspecified atom stereocenters. The molecule has 0 saturated carbocycles. The van der Waals surface area contributed by atoms with Gasteiger partial charge in [0.25, 0.3) is 0 Å². The van der Waals surface area contributed by atoms with Gasteiger partial charge >= 0.3 is 0 Å². The Morgan fingerprint density at radius 1 is 1.25 bits per heavy atom. The van der Waals surface area contributed by atoms with Gasteiger partial charge in [-0.2, -0.15) is 0 Å². The minimum Gasteiger partial charge on any atom is -0.493 e. The lowest BCUT2D eigenvalue weighted by atomic mass is 10.2. The largest absolute Gasteiger partial charge is 0.493 e. The first-order valence-electron chi connectivity index (χ1n) is 6.40. The van der Waals surface area contributed by atoms with Gasteiger partial charge in [0.1, 0.15) is 11.6 Å². The summed E-state index contributed by atoms with van der Waals surface area (Å²) in [5.41, 5.74) is 6.46. The molecule has 104 valence electrons. The molecule has 1 aromatic heterocycles. The van der Waals surface area contributed by atoms with Gasteiger partial charge in [0.2, 0.25) is 5.91 Å². The van der Waals surface area contributed by atoms with Crippen molar-refractivity contribution >= 4 is 11.7 Å². The van der Waals surface area contributed by atoms with Gasteiger partial charge in [0.15, 0.2) is 0 Å². The maximum Gasteiger partial charge on any atom is 0.228 e. The number of carbonyl (C=O) groups excluding carboxylic acids is 1. The summed E-state index contributed by atoms with van der Waals surface area (Å²) in [6.07, 6.45) is 1.89. The number of amides is 1. The maximum absolute atomic E-state index is 11.7. The third-order valence-corrected chi connectivity index (χ3v) is 2.67. The molecule has 3 N–H and O–H groups in total. The van der Waals surface area contributed by atoms with Crippen molar-refractivity contribution in [1.29, 1.82) is 0 Å². The molecule has 2 aromatic rings. The Morgan fingerprint density at radius 2 is 2.05 bits per heavy atom. The summed E-state index contributed by atoms with van der Waals surface area (Å²) < 4.78 is 5.46. The standard InChI is InChI=1S/C15H17N3O2/c16-11-12-6-8-17-14(10-12)18-15(19)7-9-20-13-4-2-1-3-5-13/h1-6,8,10H,7,9,11,16H2,(H,17,18,19). The van der Waals surface area contributed by atoms with Crippen LogP contribution in [0.25, 0.3) is 0 Å². The lowest BCUT2D eigenvalue weighted by Gasteiger charge is -2.07. The number of aromatic nitrogens is 1. The molecule has 1 aromatic carbocycles.